The molecule has 0 saturated heterocycles. The Kier molecular flexibility index (Phi) is 5.48. The van der Waals surface area contributed by atoms with E-state index in [-0.39, 0.29) is 0 Å². The number of carboxylic acids is 1. The van der Waals surface area contributed by atoms with Gasteiger partial charge in [0.2, 0.25) is 0 Å². The summed E-state index contributed by atoms with van der Waals surface area (Å²) < 4.78 is 0. The van der Waals surface area contributed by atoms with Gasteiger partial charge in [-0.2, -0.15) is 0 Å². The fourth-order valence-electron chi connectivity index (χ4n) is 4.31. The fourth-order valence-corrected chi connectivity index (χ4v) is 4.31. The molecule has 2 aliphatic rings. The lowest BCUT2D eigenvalue weighted by Gasteiger charge is -2.38. The molecule has 0 aromatic rings. The molecule has 2 aliphatic carbocycles. The van der Waals surface area contributed by atoms with Crippen LogP contribution in [0.2, 0.25) is 0 Å². The van der Waals surface area contributed by atoms with Gasteiger partial charge in [-0.25, -0.2) is 0 Å². The van der Waals surface area contributed by atoms with Crippen LogP contribution in [0.3, 0.4) is 0 Å². The second kappa shape index (κ2) is 6.93. The number of hydrogen-bond acceptors (Lipinski definition) is 2. The SMILES string of the molecule is CCC1CCC(CC(O)CC2CCCC2)(C(=O)O)CC1. The molecule has 20 heavy (non-hydrogen) atoms. The van der Waals surface area contributed by atoms with E-state index in [1.807, 2.05) is 0 Å². The van der Waals surface area contributed by atoms with Crippen molar-refractivity contribution in [3.05, 3.63) is 0 Å². The Labute approximate surface area is 122 Å². The van der Waals surface area contributed by atoms with Gasteiger partial charge in [-0.15, -0.1) is 0 Å². The van der Waals surface area contributed by atoms with Crippen molar-refractivity contribution in [2.24, 2.45) is 17.3 Å². The van der Waals surface area contributed by atoms with E-state index >= 15 is 0 Å². The van der Waals surface area contributed by atoms with Gasteiger partial charge in [0.05, 0.1) is 11.5 Å². The van der Waals surface area contributed by atoms with Gasteiger partial charge >= 0.3 is 5.97 Å². The van der Waals surface area contributed by atoms with Crippen molar-refractivity contribution in [2.75, 3.05) is 0 Å². The first-order valence-electron chi connectivity index (χ1n) is 8.47. The number of aliphatic hydroxyl groups excluding tert-OH is 1. The molecule has 116 valence electrons. The maximum Gasteiger partial charge on any atom is 0.309 e. The van der Waals surface area contributed by atoms with E-state index in [1.54, 1.807) is 0 Å². The van der Waals surface area contributed by atoms with Gasteiger partial charge in [-0.05, 0) is 50.4 Å². The Morgan fingerprint density at radius 3 is 2.25 bits per heavy atom. The van der Waals surface area contributed by atoms with Gasteiger partial charge in [0, 0.05) is 0 Å². The van der Waals surface area contributed by atoms with Crippen molar-refractivity contribution < 1.29 is 15.0 Å². The minimum Gasteiger partial charge on any atom is -0.481 e. The predicted octanol–water partition coefficient (Wildman–Crippen LogP) is 3.99. The number of aliphatic carboxylic acids is 1. The summed E-state index contributed by atoms with van der Waals surface area (Å²) in [4.78, 5) is 11.7. The Hall–Kier alpha value is -0.570. The lowest BCUT2D eigenvalue weighted by Crippen LogP contribution is -2.38. The van der Waals surface area contributed by atoms with Crippen LogP contribution in [0, 0.1) is 17.3 Å². The molecular weight excluding hydrogens is 252 g/mol. The van der Waals surface area contributed by atoms with E-state index in [0.717, 1.165) is 38.5 Å². The molecule has 0 aromatic heterocycles. The summed E-state index contributed by atoms with van der Waals surface area (Å²) >= 11 is 0. The zero-order valence-electron chi connectivity index (χ0n) is 12.8. The van der Waals surface area contributed by atoms with Crippen molar-refractivity contribution in [3.63, 3.8) is 0 Å². The molecule has 2 saturated carbocycles. The minimum absolute atomic E-state index is 0.424. The number of carboxylic acid groups (broad SMARTS) is 1. The highest BCUT2D eigenvalue weighted by Gasteiger charge is 2.43. The molecule has 0 radical (unpaired) electrons. The van der Waals surface area contributed by atoms with Crippen LogP contribution in [0.1, 0.15) is 77.6 Å². The fraction of sp³-hybridized carbons (Fsp3) is 0.941. The first-order valence-corrected chi connectivity index (χ1v) is 8.47. The first kappa shape index (κ1) is 15.8. The van der Waals surface area contributed by atoms with Crippen LogP contribution >= 0.6 is 0 Å². The Morgan fingerprint density at radius 2 is 1.75 bits per heavy atom. The van der Waals surface area contributed by atoms with E-state index in [4.69, 9.17) is 0 Å². The van der Waals surface area contributed by atoms with Gasteiger partial charge in [0.15, 0.2) is 0 Å². The molecule has 0 aromatic carbocycles. The topological polar surface area (TPSA) is 57.5 Å². The van der Waals surface area contributed by atoms with E-state index in [1.165, 1.54) is 25.7 Å². The second-order valence-corrected chi connectivity index (χ2v) is 7.18. The molecule has 0 amide bonds. The molecule has 2 rings (SSSR count). The van der Waals surface area contributed by atoms with Crippen LogP contribution in [-0.4, -0.2) is 22.3 Å². The molecule has 3 heteroatoms. The number of rotatable bonds is 6. The molecule has 0 aliphatic heterocycles. The number of hydrogen-bond donors (Lipinski definition) is 2. The third-order valence-electron chi connectivity index (χ3n) is 5.80. The van der Waals surface area contributed by atoms with Crippen molar-refractivity contribution in [2.45, 2.75) is 83.7 Å². The molecule has 2 N–H and O–H groups in total. The summed E-state index contributed by atoms with van der Waals surface area (Å²) in [6.07, 6.45) is 10.5. The lowest BCUT2D eigenvalue weighted by molar-refractivity contribution is -0.154. The summed E-state index contributed by atoms with van der Waals surface area (Å²) in [6.45, 7) is 2.19. The van der Waals surface area contributed by atoms with E-state index in [0.29, 0.717) is 18.3 Å². The molecule has 1 atom stereocenters. The Bertz CT molecular complexity index is 312. The Balaban J connectivity index is 1.90. The summed E-state index contributed by atoms with van der Waals surface area (Å²) in [5, 5.41) is 20.0. The highest BCUT2D eigenvalue weighted by Crippen LogP contribution is 2.44. The molecule has 0 bridgehead atoms. The zero-order valence-corrected chi connectivity index (χ0v) is 12.8. The molecular formula is C17H30O3. The third kappa shape index (κ3) is 3.75. The molecule has 0 spiro atoms. The largest absolute Gasteiger partial charge is 0.481 e. The minimum atomic E-state index is -0.683. The average molecular weight is 282 g/mol. The van der Waals surface area contributed by atoms with E-state index < -0.39 is 17.5 Å². The van der Waals surface area contributed by atoms with Crippen molar-refractivity contribution in [3.8, 4) is 0 Å². The van der Waals surface area contributed by atoms with Crippen molar-refractivity contribution >= 4 is 5.97 Å². The van der Waals surface area contributed by atoms with Gasteiger partial charge in [0.25, 0.3) is 0 Å². The van der Waals surface area contributed by atoms with Crippen molar-refractivity contribution in [1.82, 2.24) is 0 Å². The summed E-state index contributed by atoms with van der Waals surface area (Å²) in [5.41, 5.74) is -0.649. The monoisotopic (exact) mass is 282 g/mol. The van der Waals surface area contributed by atoms with Crippen LogP contribution in [0.5, 0.6) is 0 Å². The maximum absolute atomic E-state index is 11.7. The maximum atomic E-state index is 11.7. The number of aliphatic hydroxyl groups is 1. The van der Waals surface area contributed by atoms with Crippen LogP contribution < -0.4 is 0 Å². The van der Waals surface area contributed by atoms with Crippen LogP contribution in [-0.2, 0) is 4.79 Å². The standard InChI is InChI=1S/C17H30O3/c1-2-13-7-9-17(10-8-13,16(19)20)12-15(18)11-14-5-3-4-6-14/h13-15,18H,2-12H2,1H3,(H,19,20). The highest BCUT2D eigenvalue weighted by molar-refractivity contribution is 5.74. The summed E-state index contributed by atoms with van der Waals surface area (Å²) in [6, 6.07) is 0. The highest BCUT2D eigenvalue weighted by atomic mass is 16.4. The summed E-state index contributed by atoms with van der Waals surface area (Å²) in [7, 11) is 0. The van der Waals surface area contributed by atoms with Gasteiger partial charge in [0.1, 0.15) is 0 Å². The van der Waals surface area contributed by atoms with E-state index in [2.05, 4.69) is 6.92 Å². The zero-order chi connectivity index (χ0) is 14.6. The molecule has 2 fully saturated rings. The van der Waals surface area contributed by atoms with Gasteiger partial charge < -0.3 is 10.2 Å². The Morgan fingerprint density at radius 1 is 1.15 bits per heavy atom. The van der Waals surface area contributed by atoms with Crippen LogP contribution in [0.15, 0.2) is 0 Å². The van der Waals surface area contributed by atoms with Crippen LogP contribution in [0.25, 0.3) is 0 Å². The van der Waals surface area contributed by atoms with Crippen LogP contribution in [0.4, 0.5) is 0 Å². The quantitative estimate of drug-likeness (QED) is 0.774. The van der Waals surface area contributed by atoms with E-state index in [9.17, 15) is 15.0 Å². The molecule has 1 unspecified atom stereocenters. The molecule has 0 heterocycles. The average Bonchev–Trinajstić information content (AvgIpc) is 2.92. The lowest BCUT2D eigenvalue weighted by atomic mass is 9.66. The molecule has 3 nitrogen and oxygen atoms in total. The second-order valence-electron chi connectivity index (χ2n) is 7.18. The predicted molar refractivity (Wildman–Crippen MR) is 79.5 cm³/mol. The van der Waals surface area contributed by atoms with Gasteiger partial charge in [-0.1, -0.05) is 39.0 Å². The van der Waals surface area contributed by atoms with Crippen molar-refractivity contribution in [1.29, 1.82) is 0 Å². The first-order chi connectivity index (χ1) is 9.55. The summed E-state index contributed by atoms with van der Waals surface area (Å²) in [5.74, 6) is 0.634. The smallest absolute Gasteiger partial charge is 0.309 e. The normalized spacial score (nSPS) is 33.2. The third-order valence-corrected chi connectivity index (χ3v) is 5.80. The number of carbonyl (C=O) groups is 1. The van der Waals surface area contributed by atoms with Gasteiger partial charge in [-0.3, -0.25) is 4.79 Å².